The van der Waals surface area contributed by atoms with Crippen LogP contribution in [-0.4, -0.2) is 11.9 Å². The normalized spacial score (nSPS) is 12.1. The molecule has 0 N–H and O–H groups in total. The number of hydrogen-bond donors (Lipinski definition) is 0. The first-order valence-corrected chi connectivity index (χ1v) is 5.65. The van der Waals surface area contributed by atoms with Gasteiger partial charge < -0.3 is 19.8 Å². The average Bonchev–Trinajstić information content (AvgIpc) is 2.20. The van der Waals surface area contributed by atoms with E-state index in [-0.39, 0.29) is 17.1 Å². The second-order valence-corrected chi connectivity index (χ2v) is 3.78. The molecule has 0 saturated heterocycles. The maximum Gasteiger partial charge on any atom is 2.00 e. The van der Waals surface area contributed by atoms with Crippen LogP contribution < -0.4 is 10.2 Å². The van der Waals surface area contributed by atoms with Gasteiger partial charge in [-0.25, -0.2) is 0 Å². The summed E-state index contributed by atoms with van der Waals surface area (Å²) < 4.78 is 0. The van der Waals surface area contributed by atoms with E-state index in [1.807, 2.05) is 0 Å². The molecule has 0 aromatic heterocycles. The smallest absolute Gasteiger partial charge is 0.550 e. The van der Waals surface area contributed by atoms with Crippen molar-refractivity contribution in [3.8, 4) is 0 Å². The van der Waals surface area contributed by atoms with E-state index in [0.717, 1.165) is 32.1 Å². The number of hydrogen-bond acceptors (Lipinski definition) is 4. The molecule has 0 aromatic rings. The van der Waals surface area contributed by atoms with Crippen molar-refractivity contribution in [2.45, 2.75) is 45.4 Å². The van der Waals surface area contributed by atoms with E-state index in [9.17, 15) is 19.8 Å². The third-order valence-electron chi connectivity index (χ3n) is 2.28. The third-order valence-corrected chi connectivity index (χ3v) is 2.28. The molecule has 0 heterocycles. The number of carboxylic acid groups (broad SMARTS) is 2. The molecule has 1 unspecified atom stereocenters. The first-order valence-electron chi connectivity index (χ1n) is 5.65. The Labute approximate surface area is 113 Å². The van der Waals surface area contributed by atoms with Crippen molar-refractivity contribution in [1.82, 2.24) is 0 Å². The van der Waals surface area contributed by atoms with Crippen LogP contribution in [0.3, 0.4) is 0 Å². The van der Waals surface area contributed by atoms with Gasteiger partial charge in [0.15, 0.2) is 0 Å². The summed E-state index contributed by atoms with van der Waals surface area (Å²) in [6, 6.07) is 0. The molecule has 0 radical (unpaired) electrons. The monoisotopic (exact) mass is 282 g/mol. The van der Waals surface area contributed by atoms with E-state index >= 15 is 0 Å². The van der Waals surface area contributed by atoms with Gasteiger partial charge in [-0.2, -0.15) is 0 Å². The molecular weight excluding hydrogens is 264 g/mol. The molecule has 0 aromatic carbocycles. The van der Waals surface area contributed by atoms with E-state index in [1.165, 1.54) is 6.08 Å². The van der Waals surface area contributed by atoms with Crippen LogP contribution in [0.15, 0.2) is 12.2 Å². The molecule has 4 nitrogen and oxygen atoms in total. The fourth-order valence-corrected chi connectivity index (χ4v) is 1.36. The number of carboxylic acids is 2. The van der Waals surface area contributed by atoms with Gasteiger partial charge in [-0.1, -0.05) is 38.3 Å². The van der Waals surface area contributed by atoms with Crippen molar-refractivity contribution < 1.29 is 36.9 Å². The Morgan fingerprint density at radius 3 is 2.29 bits per heavy atom. The summed E-state index contributed by atoms with van der Waals surface area (Å²) in [5, 5.41) is 20.8. The Kier molecular flexibility index (Phi) is 12.8. The SMILES string of the molecule is CCCCCCC=CC(CC(=O)[O-])C(=O)[O-].[Fe+2]. The quantitative estimate of drug-likeness (QED) is 0.339. The molecule has 17 heavy (non-hydrogen) atoms. The first kappa shape index (κ1) is 18.6. The maximum atomic E-state index is 10.5. The van der Waals surface area contributed by atoms with E-state index in [2.05, 4.69) is 6.92 Å². The third kappa shape index (κ3) is 11.5. The molecule has 0 spiro atoms. The molecule has 0 amide bonds. The Morgan fingerprint density at radius 1 is 1.18 bits per heavy atom. The number of carbonyl (C=O) groups is 2. The Morgan fingerprint density at radius 2 is 1.82 bits per heavy atom. The van der Waals surface area contributed by atoms with Crippen molar-refractivity contribution in [2.75, 3.05) is 0 Å². The molecular formula is C12H18FeO4. The van der Waals surface area contributed by atoms with Crippen LogP contribution >= 0.6 is 0 Å². The van der Waals surface area contributed by atoms with Crippen LogP contribution in [0.2, 0.25) is 0 Å². The van der Waals surface area contributed by atoms with E-state index in [1.54, 1.807) is 6.08 Å². The zero-order chi connectivity index (χ0) is 12.4. The second-order valence-electron chi connectivity index (χ2n) is 3.78. The largest absolute Gasteiger partial charge is 2.00 e. The van der Waals surface area contributed by atoms with Gasteiger partial charge in [0, 0.05) is 17.9 Å². The molecule has 0 aliphatic rings. The number of aliphatic carboxylic acids is 2. The van der Waals surface area contributed by atoms with Crippen molar-refractivity contribution in [3.63, 3.8) is 0 Å². The van der Waals surface area contributed by atoms with Crippen LogP contribution in [0.5, 0.6) is 0 Å². The fraction of sp³-hybridized carbons (Fsp3) is 0.667. The molecule has 5 heteroatoms. The molecule has 1 atom stereocenters. The average molecular weight is 282 g/mol. The van der Waals surface area contributed by atoms with Gasteiger partial charge in [-0.3, -0.25) is 0 Å². The standard InChI is InChI=1S/C12H20O4.Fe/c1-2-3-4-5-6-7-8-10(12(15)16)9-11(13)14;/h7-8,10H,2-6,9H2,1H3,(H,13,14)(H,15,16);/q;+2/p-2. The summed E-state index contributed by atoms with van der Waals surface area (Å²) in [6.45, 7) is 2.11. The molecule has 0 aliphatic carbocycles. The van der Waals surface area contributed by atoms with E-state index in [0.29, 0.717) is 0 Å². The van der Waals surface area contributed by atoms with Crippen LogP contribution in [0.25, 0.3) is 0 Å². The van der Waals surface area contributed by atoms with Crippen molar-refractivity contribution in [2.24, 2.45) is 5.92 Å². The summed E-state index contributed by atoms with van der Waals surface area (Å²) in [5.74, 6) is -3.81. The van der Waals surface area contributed by atoms with Crippen LogP contribution in [0.1, 0.15) is 45.4 Å². The number of unbranched alkanes of at least 4 members (excludes halogenated alkanes) is 4. The van der Waals surface area contributed by atoms with E-state index < -0.39 is 24.3 Å². The Bertz CT molecular complexity index is 251. The van der Waals surface area contributed by atoms with Gasteiger partial charge in [-0.05, 0) is 19.3 Å². The summed E-state index contributed by atoms with van der Waals surface area (Å²) in [7, 11) is 0. The summed E-state index contributed by atoms with van der Waals surface area (Å²) in [5.41, 5.74) is 0. The van der Waals surface area contributed by atoms with Crippen LogP contribution in [0, 0.1) is 5.92 Å². The van der Waals surface area contributed by atoms with E-state index in [4.69, 9.17) is 0 Å². The van der Waals surface area contributed by atoms with Crippen molar-refractivity contribution in [1.29, 1.82) is 0 Å². The Balaban J connectivity index is 0. The topological polar surface area (TPSA) is 80.3 Å². The predicted molar refractivity (Wildman–Crippen MR) is 56.0 cm³/mol. The minimum Gasteiger partial charge on any atom is -0.550 e. The van der Waals surface area contributed by atoms with Gasteiger partial charge in [0.25, 0.3) is 0 Å². The summed E-state index contributed by atoms with van der Waals surface area (Å²) >= 11 is 0. The Hall–Kier alpha value is -0.801. The number of carbonyl (C=O) groups excluding carboxylic acids is 2. The number of rotatable bonds is 9. The van der Waals surface area contributed by atoms with Crippen LogP contribution in [0.4, 0.5) is 0 Å². The van der Waals surface area contributed by atoms with Crippen molar-refractivity contribution >= 4 is 11.9 Å². The van der Waals surface area contributed by atoms with Gasteiger partial charge in [0.05, 0.1) is 0 Å². The minimum atomic E-state index is -1.37. The van der Waals surface area contributed by atoms with Gasteiger partial charge in [0.1, 0.15) is 0 Å². The fourth-order valence-electron chi connectivity index (χ4n) is 1.36. The maximum absolute atomic E-state index is 10.5. The van der Waals surface area contributed by atoms with Crippen molar-refractivity contribution in [3.05, 3.63) is 12.2 Å². The molecule has 0 fully saturated rings. The molecule has 98 valence electrons. The molecule has 0 rings (SSSR count). The zero-order valence-electron chi connectivity index (χ0n) is 9.96. The second kappa shape index (κ2) is 11.7. The first-order chi connectivity index (χ1) is 7.57. The predicted octanol–water partition coefficient (Wildman–Crippen LogP) is 0.0166. The van der Waals surface area contributed by atoms with Gasteiger partial charge in [0.2, 0.25) is 0 Å². The molecule has 0 bridgehead atoms. The zero-order valence-corrected chi connectivity index (χ0v) is 11.1. The number of allylic oxidation sites excluding steroid dienone is 1. The summed E-state index contributed by atoms with van der Waals surface area (Å²) in [6.07, 6.45) is 7.76. The molecule has 0 aliphatic heterocycles. The van der Waals surface area contributed by atoms with Gasteiger partial charge >= 0.3 is 17.1 Å². The molecule has 0 saturated carbocycles. The van der Waals surface area contributed by atoms with Crippen LogP contribution in [-0.2, 0) is 26.7 Å². The minimum absolute atomic E-state index is 0. The summed E-state index contributed by atoms with van der Waals surface area (Å²) in [4.78, 5) is 20.8. The van der Waals surface area contributed by atoms with Gasteiger partial charge in [-0.15, -0.1) is 0 Å².